The van der Waals surface area contributed by atoms with Gasteiger partial charge >= 0.3 is 5.97 Å². The van der Waals surface area contributed by atoms with E-state index in [9.17, 15) is 14.9 Å². The van der Waals surface area contributed by atoms with E-state index in [-0.39, 0.29) is 18.7 Å². The Kier molecular flexibility index (Phi) is 4.40. The standard InChI is InChI=1S/C14H16N2O3S/c1-8-2-3-9-10(7-15)14(20-11(9)6-8)16-12(17)4-5-13(18)19/h8H,2-6H2,1H3,(H,16,17)(H,18,19). The summed E-state index contributed by atoms with van der Waals surface area (Å²) in [6.45, 7) is 2.18. The molecule has 0 saturated carbocycles. The lowest BCUT2D eigenvalue weighted by Crippen LogP contribution is -2.13. The molecule has 1 aliphatic carbocycles. The van der Waals surface area contributed by atoms with Crippen LogP contribution in [-0.2, 0) is 22.4 Å². The van der Waals surface area contributed by atoms with Crippen LogP contribution in [0.25, 0.3) is 0 Å². The topological polar surface area (TPSA) is 90.2 Å². The number of nitrogens with one attached hydrogen (secondary N) is 1. The van der Waals surface area contributed by atoms with E-state index in [1.54, 1.807) is 0 Å². The van der Waals surface area contributed by atoms with Crippen molar-refractivity contribution in [3.05, 3.63) is 16.0 Å². The second-order valence-corrected chi connectivity index (χ2v) is 6.21. The number of rotatable bonds is 4. The summed E-state index contributed by atoms with van der Waals surface area (Å²) in [5.74, 6) is -0.751. The summed E-state index contributed by atoms with van der Waals surface area (Å²) in [4.78, 5) is 23.3. The maximum absolute atomic E-state index is 11.7. The largest absolute Gasteiger partial charge is 0.481 e. The fraction of sp³-hybridized carbons (Fsp3) is 0.500. The van der Waals surface area contributed by atoms with Crippen molar-refractivity contribution in [2.75, 3.05) is 5.32 Å². The first-order chi connectivity index (χ1) is 9.51. The van der Waals surface area contributed by atoms with Crippen LogP contribution in [0, 0.1) is 17.2 Å². The highest BCUT2D eigenvalue weighted by Crippen LogP contribution is 2.39. The molecule has 0 aliphatic heterocycles. The van der Waals surface area contributed by atoms with Crippen LogP contribution in [0.5, 0.6) is 0 Å². The van der Waals surface area contributed by atoms with Gasteiger partial charge in [0.15, 0.2) is 0 Å². The van der Waals surface area contributed by atoms with E-state index in [2.05, 4.69) is 18.3 Å². The highest BCUT2D eigenvalue weighted by atomic mass is 32.1. The Hall–Kier alpha value is -1.87. The highest BCUT2D eigenvalue weighted by molar-refractivity contribution is 7.16. The lowest BCUT2D eigenvalue weighted by atomic mass is 9.88. The summed E-state index contributed by atoms with van der Waals surface area (Å²) in [5.41, 5.74) is 1.62. The molecule has 0 aromatic carbocycles. The second-order valence-electron chi connectivity index (χ2n) is 5.11. The first kappa shape index (κ1) is 14.5. The number of amides is 1. The molecule has 1 aromatic heterocycles. The Bertz CT molecular complexity index is 586. The van der Waals surface area contributed by atoms with Crippen molar-refractivity contribution in [3.8, 4) is 6.07 Å². The van der Waals surface area contributed by atoms with E-state index in [4.69, 9.17) is 5.11 Å². The van der Waals surface area contributed by atoms with Crippen molar-refractivity contribution in [3.63, 3.8) is 0 Å². The minimum atomic E-state index is -1.00. The van der Waals surface area contributed by atoms with Gasteiger partial charge in [0.2, 0.25) is 5.91 Å². The average molecular weight is 292 g/mol. The number of thiophene rings is 1. The molecule has 1 heterocycles. The molecule has 6 heteroatoms. The molecule has 0 spiro atoms. The molecular formula is C14H16N2O3S. The predicted molar refractivity (Wildman–Crippen MR) is 75.7 cm³/mol. The molecule has 5 nitrogen and oxygen atoms in total. The molecule has 1 aromatic rings. The van der Waals surface area contributed by atoms with E-state index in [1.165, 1.54) is 16.2 Å². The maximum Gasteiger partial charge on any atom is 0.303 e. The van der Waals surface area contributed by atoms with E-state index < -0.39 is 5.97 Å². The van der Waals surface area contributed by atoms with E-state index in [0.717, 1.165) is 24.8 Å². The predicted octanol–water partition coefficient (Wildman–Crippen LogP) is 2.55. The van der Waals surface area contributed by atoms with Crippen molar-refractivity contribution < 1.29 is 14.7 Å². The van der Waals surface area contributed by atoms with Gasteiger partial charge in [0.1, 0.15) is 11.1 Å². The average Bonchev–Trinajstić information content (AvgIpc) is 2.72. The minimum absolute atomic E-state index is 0.0703. The Morgan fingerprint density at radius 2 is 2.25 bits per heavy atom. The van der Waals surface area contributed by atoms with Gasteiger partial charge in [0.05, 0.1) is 12.0 Å². The summed E-state index contributed by atoms with van der Waals surface area (Å²) < 4.78 is 0. The Balaban J connectivity index is 2.14. The molecule has 2 N–H and O–H groups in total. The SMILES string of the molecule is CC1CCc2c(sc(NC(=O)CCC(=O)O)c2C#N)C1. The zero-order chi connectivity index (χ0) is 14.7. The number of aliphatic carboxylic acids is 1. The number of carbonyl (C=O) groups excluding carboxylic acids is 1. The molecule has 1 atom stereocenters. The fourth-order valence-corrected chi connectivity index (χ4v) is 3.74. The number of fused-ring (bicyclic) bond motifs is 1. The van der Waals surface area contributed by atoms with Crippen LogP contribution in [0.4, 0.5) is 5.00 Å². The third kappa shape index (κ3) is 3.17. The number of hydrogen-bond donors (Lipinski definition) is 2. The van der Waals surface area contributed by atoms with Crippen molar-refractivity contribution in [1.82, 2.24) is 0 Å². The van der Waals surface area contributed by atoms with Gasteiger partial charge in [0.25, 0.3) is 0 Å². The Morgan fingerprint density at radius 1 is 1.50 bits per heavy atom. The van der Waals surface area contributed by atoms with Crippen LogP contribution in [-0.4, -0.2) is 17.0 Å². The first-order valence-corrected chi connectivity index (χ1v) is 7.39. The fourth-order valence-electron chi connectivity index (χ4n) is 2.37. The summed E-state index contributed by atoms with van der Waals surface area (Å²) >= 11 is 1.45. The molecule has 0 radical (unpaired) electrons. The smallest absolute Gasteiger partial charge is 0.303 e. The van der Waals surface area contributed by atoms with Crippen LogP contribution >= 0.6 is 11.3 Å². The van der Waals surface area contributed by atoms with E-state index >= 15 is 0 Å². The molecule has 106 valence electrons. The number of hydrogen-bond acceptors (Lipinski definition) is 4. The lowest BCUT2D eigenvalue weighted by Gasteiger charge is -2.17. The van der Waals surface area contributed by atoms with E-state index in [0.29, 0.717) is 16.5 Å². The van der Waals surface area contributed by atoms with Crippen molar-refractivity contribution >= 4 is 28.2 Å². The van der Waals surface area contributed by atoms with E-state index in [1.807, 2.05) is 0 Å². The van der Waals surface area contributed by atoms with Gasteiger partial charge in [-0.25, -0.2) is 0 Å². The van der Waals surface area contributed by atoms with Gasteiger partial charge in [-0.05, 0) is 30.7 Å². The van der Waals surface area contributed by atoms with Crippen molar-refractivity contribution in [1.29, 1.82) is 5.26 Å². The minimum Gasteiger partial charge on any atom is -0.481 e. The van der Waals surface area contributed by atoms with Gasteiger partial charge < -0.3 is 10.4 Å². The maximum atomic E-state index is 11.7. The Labute approximate surface area is 121 Å². The third-order valence-corrected chi connectivity index (χ3v) is 4.61. The number of nitriles is 1. The van der Waals surface area contributed by atoms with Crippen molar-refractivity contribution in [2.45, 2.75) is 39.0 Å². The molecule has 1 amide bonds. The monoisotopic (exact) mass is 292 g/mol. The zero-order valence-corrected chi connectivity index (χ0v) is 12.0. The number of carboxylic acid groups (broad SMARTS) is 1. The second kappa shape index (κ2) is 6.06. The van der Waals surface area contributed by atoms with Crippen LogP contribution in [0.3, 0.4) is 0 Å². The molecule has 2 rings (SSSR count). The van der Waals surface area contributed by atoms with Crippen LogP contribution in [0.15, 0.2) is 0 Å². The van der Waals surface area contributed by atoms with Crippen molar-refractivity contribution in [2.24, 2.45) is 5.92 Å². The van der Waals surface area contributed by atoms with Gasteiger partial charge in [0, 0.05) is 11.3 Å². The molecule has 0 saturated heterocycles. The summed E-state index contributed by atoms with van der Waals surface area (Å²) in [5, 5.41) is 21.1. The normalized spacial score (nSPS) is 17.1. The first-order valence-electron chi connectivity index (χ1n) is 6.57. The zero-order valence-electron chi connectivity index (χ0n) is 11.2. The molecule has 20 heavy (non-hydrogen) atoms. The lowest BCUT2D eigenvalue weighted by molar-refractivity contribution is -0.138. The quantitative estimate of drug-likeness (QED) is 0.892. The Morgan fingerprint density at radius 3 is 2.90 bits per heavy atom. The molecule has 1 unspecified atom stereocenters. The molecular weight excluding hydrogens is 276 g/mol. The summed E-state index contributed by atoms with van der Waals surface area (Å²) in [6, 6.07) is 2.17. The number of anilines is 1. The molecule has 1 aliphatic rings. The number of carboxylic acids is 1. The van der Waals surface area contributed by atoms with Gasteiger partial charge in [-0.2, -0.15) is 5.26 Å². The van der Waals surface area contributed by atoms with Gasteiger partial charge in [-0.3, -0.25) is 9.59 Å². The van der Waals surface area contributed by atoms with Crippen LogP contribution in [0.1, 0.15) is 42.2 Å². The number of nitrogens with zero attached hydrogens (tertiary/aromatic N) is 1. The van der Waals surface area contributed by atoms with Crippen LogP contribution < -0.4 is 5.32 Å². The molecule has 0 bridgehead atoms. The molecule has 0 fully saturated rings. The summed E-state index contributed by atoms with van der Waals surface area (Å²) in [7, 11) is 0. The third-order valence-electron chi connectivity index (χ3n) is 3.44. The van der Waals surface area contributed by atoms with Gasteiger partial charge in [-0.15, -0.1) is 11.3 Å². The summed E-state index contributed by atoms with van der Waals surface area (Å²) in [6.07, 6.45) is 2.61. The van der Waals surface area contributed by atoms with Crippen LogP contribution in [0.2, 0.25) is 0 Å². The van der Waals surface area contributed by atoms with Gasteiger partial charge in [-0.1, -0.05) is 6.92 Å². The highest BCUT2D eigenvalue weighted by Gasteiger charge is 2.24. The number of carbonyl (C=O) groups is 2.